The number of hydrogen-bond donors (Lipinski definition) is 1. The van der Waals surface area contributed by atoms with Crippen LogP contribution in [0.2, 0.25) is 0 Å². The number of carbonyl (C=O) groups excluding carboxylic acids is 3. The van der Waals surface area contributed by atoms with Crippen LogP contribution in [-0.2, 0) is 19.7 Å². The van der Waals surface area contributed by atoms with Crippen LogP contribution in [0, 0.1) is 0 Å². The van der Waals surface area contributed by atoms with Crippen LogP contribution in [0.3, 0.4) is 0 Å². The summed E-state index contributed by atoms with van der Waals surface area (Å²) in [6, 6.07) is 31.0. The largest absolute Gasteiger partial charge is 0.482 e. The number of rotatable bonds is 7. The van der Waals surface area contributed by atoms with Gasteiger partial charge >= 0.3 is 5.97 Å². The molecule has 0 fully saturated rings. The molecule has 1 aliphatic rings. The minimum atomic E-state index is -0.584. The van der Waals surface area contributed by atoms with Gasteiger partial charge in [-0.05, 0) is 106 Å². The first-order chi connectivity index (χ1) is 21.7. The molecule has 1 N–H and O–H groups in total. The number of amides is 2. The monoisotopic (exact) mass is 618 g/mol. The summed E-state index contributed by atoms with van der Waals surface area (Å²) < 4.78 is 11.1. The number of fused-ring (bicyclic) bond motifs is 1. The van der Waals surface area contributed by atoms with Crippen LogP contribution >= 0.6 is 0 Å². The lowest BCUT2D eigenvalue weighted by Gasteiger charge is -2.51. The van der Waals surface area contributed by atoms with Crippen LogP contribution < -0.4 is 15.0 Å². The van der Waals surface area contributed by atoms with E-state index in [0.29, 0.717) is 23.4 Å². The molecule has 1 atom stereocenters. The first kappa shape index (κ1) is 32.5. The Morgan fingerprint density at radius 1 is 0.826 bits per heavy atom. The molecule has 5 rings (SSSR count). The van der Waals surface area contributed by atoms with Gasteiger partial charge in [-0.25, -0.2) is 4.79 Å². The zero-order valence-corrected chi connectivity index (χ0v) is 27.6. The van der Waals surface area contributed by atoms with Crippen molar-refractivity contribution in [1.29, 1.82) is 0 Å². The van der Waals surface area contributed by atoms with Gasteiger partial charge in [0.2, 0.25) is 5.91 Å². The van der Waals surface area contributed by atoms with Gasteiger partial charge in [-0.2, -0.15) is 0 Å². The van der Waals surface area contributed by atoms with E-state index >= 15 is 0 Å². The Balaban J connectivity index is 1.42. The Morgan fingerprint density at radius 2 is 1.46 bits per heavy atom. The van der Waals surface area contributed by atoms with Crippen LogP contribution in [0.1, 0.15) is 76.4 Å². The Labute approximate surface area is 271 Å². The molecule has 0 aromatic heterocycles. The summed E-state index contributed by atoms with van der Waals surface area (Å²) in [6.07, 6.45) is 0.642. The number of esters is 1. The third-order valence-electron chi connectivity index (χ3n) is 8.32. The Morgan fingerprint density at radius 3 is 2.07 bits per heavy atom. The fourth-order valence-corrected chi connectivity index (χ4v) is 6.55. The fraction of sp³-hybridized carbons (Fsp3) is 0.308. The molecule has 1 heterocycles. The molecule has 0 aliphatic carbocycles. The second-order valence-electron chi connectivity index (χ2n) is 13.7. The lowest BCUT2D eigenvalue weighted by molar-refractivity contribution is -0.157. The first-order valence-electron chi connectivity index (χ1n) is 15.5. The van der Waals surface area contributed by atoms with Crippen molar-refractivity contribution in [2.24, 2.45) is 0 Å². The second kappa shape index (κ2) is 12.5. The first-order valence-corrected chi connectivity index (χ1v) is 15.5. The standard InChI is InChI=1S/C39H42N2O5/c1-26(42)41-34-22-19-31(40-36(44)29-15-13-28(14-16-29)27-11-9-8-10-12-27)23-33(34)39(7,25-38(41,5)6)30-17-20-32(21-18-30)45-24-35(43)46-37(2,3)4/h8-23H,24-25H2,1-7H3,(H,40,44). The fourth-order valence-electron chi connectivity index (χ4n) is 6.55. The summed E-state index contributed by atoms with van der Waals surface area (Å²) in [7, 11) is 0. The van der Waals surface area contributed by atoms with Crippen molar-refractivity contribution in [3.63, 3.8) is 0 Å². The number of ether oxygens (including phenoxy) is 2. The summed E-state index contributed by atoms with van der Waals surface area (Å²) in [6.45, 7) is 13.2. The Hall–Kier alpha value is -4.91. The molecule has 46 heavy (non-hydrogen) atoms. The molecule has 1 unspecified atom stereocenters. The molecule has 2 amide bonds. The zero-order valence-electron chi connectivity index (χ0n) is 27.6. The molecule has 0 spiro atoms. The van der Waals surface area contributed by atoms with Crippen LogP contribution in [0.4, 0.5) is 11.4 Å². The Bertz CT molecular complexity index is 1740. The van der Waals surface area contributed by atoms with Crippen molar-refractivity contribution < 1.29 is 23.9 Å². The number of carbonyl (C=O) groups is 3. The molecule has 0 radical (unpaired) electrons. The molecule has 7 nitrogen and oxygen atoms in total. The second-order valence-corrected chi connectivity index (χ2v) is 13.7. The molecular weight excluding hydrogens is 576 g/mol. The minimum Gasteiger partial charge on any atom is -0.482 e. The average molecular weight is 619 g/mol. The van der Waals surface area contributed by atoms with E-state index in [-0.39, 0.29) is 18.4 Å². The molecule has 0 saturated heterocycles. The summed E-state index contributed by atoms with van der Waals surface area (Å²) in [5, 5.41) is 3.07. The lowest BCUT2D eigenvalue weighted by Crippen LogP contribution is -2.55. The highest BCUT2D eigenvalue weighted by Gasteiger charge is 2.47. The zero-order chi connectivity index (χ0) is 33.3. The number of hydrogen-bond acceptors (Lipinski definition) is 5. The summed E-state index contributed by atoms with van der Waals surface area (Å²) in [5.41, 5.74) is 4.50. The number of anilines is 2. The van der Waals surface area contributed by atoms with E-state index < -0.39 is 22.5 Å². The van der Waals surface area contributed by atoms with Crippen molar-refractivity contribution in [3.8, 4) is 16.9 Å². The predicted octanol–water partition coefficient (Wildman–Crippen LogP) is 8.17. The lowest BCUT2D eigenvalue weighted by atomic mass is 9.65. The molecule has 238 valence electrons. The van der Waals surface area contributed by atoms with Gasteiger partial charge in [0.05, 0.1) is 0 Å². The third-order valence-corrected chi connectivity index (χ3v) is 8.32. The molecule has 4 aromatic rings. The molecular formula is C39H42N2O5. The topological polar surface area (TPSA) is 84.9 Å². The Kier molecular flexibility index (Phi) is 8.81. The van der Waals surface area contributed by atoms with Crippen molar-refractivity contribution in [1.82, 2.24) is 0 Å². The number of benzene rings is 4. The number of nitrogens with one attached hydrogen (secondary N) is 1. The van der Waals surface area contributed by atoms with Crippen molar-refractivity contribution in [2.75, 3.05) is 16.8 Å². The van der Waals surface area contributed by atoms with Crippen molar-refractivity contribution in [3.05, 3.63) is 114 Å². The van der Waals surface area contributed by atoms with Gasteiger partial charge in [-0.1, -0.05) is 61.5 Å². The van der Waals surface area contributed by atoms with Crippen LogP contribution in [0.15, 0.2) is 97.1 Å². The van der Waals surface area contributed by atoms with Gasteiger partial charge in [-0.15, -0.1) is 0 Å². The van der Waals surface area contributed by atoms with Gasteiger partial charge < -0.3 is 19.7 Å². The van der Waals surface area contributed by atoms with E-state index in [2.05, 4.69) is 26.1 Å². The maximum absolute atomic E-state index is 13.3. The minimum absolute atomic E-state index is 0.0468. The third kappa shape index (κ3) is 6.99. The smallest absolute Gasteiger partial charge is 0.344 e. The van der Waals surface area contributed by atoms with Crippen LogP contribution in [0.5, 0.6) is 5.75 Å². The maximum atomic E-state index is 13.3. The highest BCUT2D eigenvalue weighted by Crippen LogP contribution is 2.51. The van der Waals surface area contributed by atoms with Crippen molar-refractivity contribution in [2.45, 2.75) is 71.4 Å². The predicted molar refractivity (Wildman–Crippen MR) is 182 cm³/mol. The highest BCUT2D eigenvalue weighted by molar-refractivity contribution is 6.05. The van der Waals surface area contributed by atoms with Gasteiger partial charge in [0.15, 0.2) is 6.61 Å². The maximum Gasteiger partial charge on any atom is 0.344 e. The van der Waals surface area contributed by atoms with E-state index in [4.69, 9.17) is 9.47 Å². The van der Waals surface area contributed by atoms with E-state index in [0.717, 1.165) is 27.9 Å². The summed E-state index contributed by atoms with van der Waals surface area (Å²) >= 11 is 0. The molecule has 7 heteroatoms. The average Bonchev–Trinajstić information content (AvgIpc) is 2.99. The van der Waals surface area contributed by atoms with E-state index in [1.807, 2.05) is 123 Å². The molecule has 0 bridgehead atoms. The van der Waals surface area contributed by atoms with Crippen LogP contribution in [-0.4, -0.2) is 35.5 Å². The van der Waals surface area contributed by atoms with E-state index in [1.165, 1.54) is 0 Å². The number of nitrogens with zero attached hydrogens (tertiary/aromatic N) is 1. The molecule has 4 aromatic carbocycles. The SMILES string of the molecule is CC(=O)N1c2ccc(NC(=O)c3ccc(-c4ccccc4)cc3)cc2C(C)(c2ccc(OCC(=O)OC(C)(C)C)cc2)CC1(C)C. The summed E-state index contributed by atoms with van der Waals surface area (Å²) in [5.74, 6) is -0.141. The van der Waals surface area contributed by atoms with E-state index in [9.17, 15) is 14.4 Å². The van der Waals surface area contributed by atoms with Gasteiger partial charge in [0.1, 0.15) is 11.4 Å². The van der Waals surface area contributed by atoms with Gasteiger partial charge in [0.25, 0.3) is 5.91 Å². The molecule has 0 saturated carbocycles. The van der Waals surface area contributed by atoms with E-state index in [1.54, 1.807) is 6.92 Å². The van der Waals surface area contributed by atoms with Gasteiger partial charge in [0, 0.05) is 34.8 Å². The van der Waals surface area contributed by atoms with Crippen LogP contribution in [0.25, 0.3) is 11.1 Å². The molecule has 1 aliphatic heterocycles. The van der Waals surface area contributed by atoms with Gasteiger partial charge in [-0.3, -0.25) is 9.59 Å². The highest BCUT2D eigenvalue weighted by atomic mass is 16.6. The normalized spacial score (nSPS) is 17.1. The quantitative estimate of drug-likeness (QED) is 0.211. The van der Waals surface area contributed by atoms with Crippen molar-refractivity contribution >= 4 is 29.2 Å². The summed E-state index contributed by atoms with van der Waals surface area (Å²) in [4.78, 5) is 40.3.